The van der Waals surface area contributed by atoms with Crippen LogP contribution in [0.3, 0.4) is 0 Å². The van der Waals surface area contributed by atoms with Gasteiger partial charge in [0.05, 0.1) is 0 Å². The van der Waals surface area contributed by atoms with E-state index >= 15 is 0 Å². The van der Waals surface area contributed by atoms with Gasteiger partial charge >= 0.3 is 0 Å². The summed E-state index contributed by atoms with van der Waals surface area (Å²) in [4.78, 5) is 38.0. The lowest BCUT2D eigenvalue weighted by atomic mass is 10.0. The maximum Gasteiger partial charge on any atom is 0.255 e. The van der Waals surface area contributed by atoms with E-state index in [1.165, 1.54) is 0 Å². The van der Waals surface area contributed by atoms with Crippen LogP contribution in [0.15, 0.2) is 18.2 Å². The van der Waals surface area contributed by atoms with E-state index in [9.17, 15) is 14.4 Å². The molecule has 134 valence electrons. The SMILES string of the molecule is CNC(C)CNCc1cccc2c1C(=O)N(C1CCC(=O)NC1=O)C2. The van der Waals surface area contributed by atoms with Crippen LogP contribution in [0.2, 0.25) is 0 Å². The van der Waals surface area contributed by atoms with E-state index in [1.807, 2.05) is 25.2 Å². The second kappa shape index (κ2) is 7.33. The van der Waals surface area contributed by atoms with Gasteiger partial charge in [-0.2, -0.15) is 0 Å². The Balaban J connectivity index is 1.74. The van der Waals surface area contributed by atoms with Crippen molar-refractivity contribution in [3.05, 3.63) is 34.9 Å². The summed E-state index contributed by atoms with van der Waals surface area (Å²) in [5.41, 5.74) is 2.58. The quantitative estimate of drug-likeness (QED) is 0.639. The van der Waals surface area contributed by atoms with Gasteiger partial charge in [0.15, 0.2) is 0 Å². The molecule has 1 saturated heterocycles. The molecule has 0 saturated carbocycles. The maximum absolute atomic E-state index is 12.9. The lowest BCUT2D eigenvalue weighted by Crippen LogP contribution is -2.52. The van der Waals surface area contributed by atoms with Crippen molar-refractivity contribution in [3.8, 4) is 0 Å². The summed E-state index contributed by atoms with van der Waals surface area (Å²) in [6, 6.07) is 5.59. The molecule has 2 heterocycles. The Hall–Kier alpha value is -2.25. The number of carbonyl (C=O) groups is 3. The Morgan fingerprint density at radius 1 is 1.32 bits per heavy atom. The summed E-state index contributed by atoms with van der Waals surface area (Å²) in [6.45, 7) is 3.90. The number of nitrogens with one attached hydrogen (secondary N) is 3. The van der Waals surface area contributed by atoms with Gasteiger partial charge in [-0.05, 0) is 31.5 Å². The molecule has 0 spiro atoms. The average molecular weight is 344 g/mol. The third-order valence-electron chi connectivity index (χ3n) is 4.90. The lowest BCUT2D eigenvalue weighted by molar-refractivity contribution is -0.136. The summed E-state index contributed by atoms with van der Waals surface area (Å²) in [5, 5.41) is 8.85. The molecule has 3 rings (SSSR count). The van der Waals surface area contributed by atoms with Crippen LogP contribution >= 0.6 is 0 Å². The Morgan fingerprint density at radius 3 is 2.84 bits per heavy atom. The van der Waals surface area contributed by atoms with Crippen LogP contribution < -0.4 is 16.0 Å². The van der Waals surface area contributed by atoms with Gasteiger partial charge in [-0.1, -0.05) is 18.2 Å². The molecular weight excluding hydrogens is 320 g/mol. The van der Waals surface area contributed by atoms with Crippen molar-refractivity contribution in [1.82, 2.24) is 20.9 Å². The van der Waals surface area contributed by atoms with E-state index in [0.717, 1.165) is 17.7 Å². The number of carbonyl (C=O) groups excluding carboxylic acids is 3. The van der Waals surface area contributed by atoms with Crippen molar-refractivity contribution in [3.63, 3.8) is 0 Å². The Morgan fingerprint density at radius 2 is 2.12 bits per heavy atom. The van der Waals surface area contributed by atoms with Gasteiger partial charge < -0.3 is 15.5 Å². The van der Waals surface area contributed by atoms with Gasteiger partial charge in [-0.15, -0.1) is 0 Å². The number of imide groups is 1. The van der Waals surface area contributed by atoms with Crippen molar-refractivity contribution < 1.29 is 14.4 Å². The monoisotopic (exact) mass is 344 g/mol. The molecule has 0 aromatic heterocycles. The van der Waals surface area contributed by atoms with Crippen LogP contribution in [0.4, 0.5) is 0 Å². The Bertz CT molecular complexity index is 704. The fourth-order valence-corrected chi connectivity index (χ4v) is 3.36. The highest BCUT2D eigenvalue weighted by atomic mass is 16.2. The number of piperidine rings is 1. The maximum atomic E-state index is 12.9. The van der Waals surface area contributed by atoms with Gasteiger partial charge in [-0.3, -0.25) is 19.7 Å². The minimum atomic E-state index is -0.567. The van der Waals surface area contributed by atoms with Crippen LogP contribution in [0, 0.1) is 0 Å². The van der Waals surface area contributed by atoms with Crippen LogP contribution in [0.1, 0.15) is 41.3 Å². The number of benzene rings is 1. The molecule has 2 aliphatic rings. The van der Waals surface area contributed by atoms with Crippen molar-refractivity contribution in [2.75, 3.05) is 13.6 Å². The van der Waals surface area contributed by atoms with Crippen LogP contribution in [0.5, 0.6) is 0 Å². The van der Waals surface area contributed by atoms with Gasteiger partial charge in [-0.25, -0.2) is 0 Å². The highest BCUT2D eigenvalue weighted by molar-refractivity contribution is 6.05. The first-order chi connectivity index (χ1) is 12.0. The standard InChI is InChI=1S/C18H24N4O3/c1-11(19-2)8-20-9-12-4-3-5-13-10-22(18(25)16(12)13)14-6-7-15(23)21-17(14)24/h3-5,11,14,19-20H,6-10H2,1-2H3,(H,21,23,24). The van der Waals surface area contributed by atoms with Crippen LogP contribution in [0.25, 0.3) is 0 Å². The molecule has 25 heavy (non-hydrogen) atoms. The summed E-state index contributed by atoms with van der Waals surface area (Å²) in [6.07, 6.45) is 0.657. The van der Waals surface area contributed by atoms with E-state index in [-0.39, 0.29) is 24.1 Å². The molecule has 7 heteroatoms. The smallest absolute Gasteiger partial charge is 0.255 e. The second-order valence-electron chi connectivity index (χ2n) is 6.67. The van der Waals surface area contributed by atoms with Crippen molar-refractivity contribution in [2.45, 2.75) is 44.9 Å². The summed E-state index contributed by atoms with van der Waals surface area (Å²) < 4.78 is 0. The molecule has 3 N–H and O–H groups in total. The summed E-state index contributed by atoms with van der Waals surface area (Å²) in [5.74, 6) is -0.766. The van der Waals surface area contributed by atoms with Gasteiger partial charge in [0.1, 0.15) is 6.04 Å². The number of fused-ring (bicyclic) bond motifs is 1. The van der Waals surface area contributed by atoms with Crippen molar-refractivity contribution in [2.24, 2.45) is 0 Å². The molecule has 0 aliphatic carbocycles. The van der Waals surface area contributed by atoms with E-state index in [2.05, 4.69) is 22.9 Å². The fourth-order valence-electron chi connectivity index (χ4n) is 3.36. The highest BCUT2D eigenvalue weighted by Crippen LogP contribution is 2.29. The minimum Gasteiger partial charge on any atom is -0.322 e. The fraction of sp³-hybridized carbons (Fsp3) is 0.500. The van der Waals surface area contributed by atoms with E-state index < -0.39 is 6.04 Å². The number of nitrogens with zero attached hydrogens (tertiary/aromatic N) is 1. The van der Waals surface area contributed by atoms with Gasteiger partial charge in [0.25, 0.3) is 5.91 Å². The lowest BCUT2D eigenvalue weighted by Gasteiger charge is -2.29. The topological polar surface area (TPSA) is 90.5 Å². The zero-order valence-electron chi connectivity index (χ0n) is 14.6. The predicted molar refractivity (Wildman–Crippen MR) is 92.7 cm³/mol. The molecule has 1 aromatic rings. The normalized spacial score (nSPS) is 21.3. The van der Waals surface area contributed by atoms with Gasteiger partial charge in [0, 0.05) is 37.7 Å². The number of hydrogen-bond acceptors (Lipinski definition) is 5. The van der Waals surface area contributed by atoms with E-state index in [0.29, 0.717) is 31.1 Å². The molecule has 2 unspecified atom stereocenters. The van der Waals surface area contributed by atoms with Gasteiger partial charge in [0.2, 0.25) is 11.8 Å². The molecule has 7 nitrogen and oxygen atoms in total. The zero-order valence-corrected chi connectivity index (χ0v) is 14.6. The minimum absolute atomic E-state index is 0.122. The van der Waals surface area contributed by atoms with E-state index in [4.69, 9.17) is 0 Å². The summed E-state index contributed by atoms with van der Waals surface area (Å²) >= 11 is 0. The molecule has 2 aliphatic heterocycles. The first kappa shape index (κ1) is 17.6. The van der Waals surface area contributed by atoms with Crippen LogP contribution in [-0.4, -0.2) is 48.3 Å². The molecule has 0 bridgehead atoms. The van der Waals surface area contributed by atoms with E-state index in [1.54, 1.807) is 4.90 Å². The first-order valence-corrected chi connectivity index (χ1v) is 8.64. The van der Waals surface area contributed by atoms with Crippen LogP contribution in [-0.2, 0) is 22.7 Å². The third kappa shape index (κ3) is 3.57. The Labute approximate surface area is 147 Å². The number of hydrogen-bond donors (Lipinski definition) is 3. The highest BCUT2D eigenvalue weighted by Gasteiger charge is 2.39. The predicted octanol–water partition coefficient (Wildman–Crippen LogP) is 0.145. The zero-order chi connectivity index (χ0) is 18.0. The number of amides is 3. The summed E-state index contributed by atoms with van der Waals surface area (Å²) in [7, 11) is 1.91. The largest absolute Gasteiger partial charge is 0.322 e. The average Bonchev–Trinajstić information content (AvgIpc) is 2.92. The first-order valence-electron chi connectivity index (χ1n) is 8.64. The second-order valence-corrected chi connectivity index (χ2v) is 6.67. The van der Waals surface area contributed by atoms with Crippen molar-refractivity contribution >= 4 is 17.7 Å². The molecule has 1 aromatic carbocycles. The molecule has 0 radical (unpaired) electrons. The number of likely N-dealkylation sites (N-methyl/N-ethyl adjacent to an activating group) is 1. The Kier molecular flexibility index (Phi) is 5.15. The third-order valence-corrected chi connectivity index (χ3v) is 4.90. The van der Waals surface area contributed by atoms with Crippen molar-refractivity contribution in [1.29, 1.82) is 0 Å². The molecule has 3 amide bonds. The molecule has 1 fully saturated rings. The number of rotatable bonds is 6. The molecule has 2 atom stereocenters. The molecular formula is C18H24N4O3.